The molecule has 2 unspecified atom stereocenters. The first-order valence-corrected chi connectivity index (χ1v) is 8.55. The maximum atomic E-state index is 6.02. The smallest absolute Gasteiger partial charge is 0.137 e. The van der Waals surface area contributed by atoms with Gasteiger partial charge in [0, 0.05) is 43.5 Å². The number of rotatable bonds is 5. The zero-order chi connectivity index (χ0) is 16.2. The van der Waals surface area contributed by atoms with Gasteiger partial charge in [-0.25, -0.2) is 9.97 Å². The van der Waals surface area contributed by atoms with Crippen molar-refractivity contribution in [1.29, 1.82) is 0 Å². The molecule has 5 heteroatoms. The van der Waals surface area contributed by atoms with E-state index in [0.717, 1.165) is 37.4 Å². The van der Waals surface area contributed by atoms with E-state index in [9.17, 15) is 0 Å². The molecule has 0 spiro atoms. The van der Waals surface area contributed by atoms with E-state index >= 15 is 0 Å². The minimum Gasteiger partial charge on any atom is -0.374 e. The van der Waals surface area contributed by atoms with Crippen molar-refractivity contribution >= 4 is 0 Å². The van der Waals surface area contributed by atoms with Crippen molar-refractivity contribution in [2.24, 2.45) is 5.92 Å². The van der Waals surface area contributed by atoms with Crippen molar-refractivity contribution in [3.8, 4) is 11.4 Å². The van der Waals surface area contributed by atoms with Gasteiger partial charge in [-0.1, -0.05) is 24.3 Å². The fourth-order valence-corrected chi connectivity index (χ4v) is 3.39. The topological polar surface area (TPSA) is 55.7 Å². The number of aromatic amines is 1. The van der Waals surface area contributed by atoms with Gasteiger partial charge in [-0.3, -0.25) is 0 Å². The number of hydrogen-bond acceptors (Lipinski definition) is 3. The average Bonchev–Trinajstić information content (AvgIpc) is 3.34. The highest BCUT2D eigenvalue weighted by molar-refractivity contribution is 5.55. The Balaban J connectivity index is 1.38. The molecular weight excluding hydrogens is 300 g/mol. The van der Waals surface area contributed by atoms with Gasteiger partial charge in [0.15, 0.2) is 0 Å². The van der Waals surface area contributed by atoms with Gasteiger partial charge in [-0.05, 0) is 30.7 Å². The average molecular weight is 322 g/mol. The quantitative estimate of drug-likeness (QED) is 0.776. The van der Waals surface area contributed by atoms with Crippen LogP contribution in [0.25, 0.3) is 11.4 Å². The van der Waals surface area contributed by atoms with Gasteiger partial charge >= 0.3 is 0 Å². The molecular formula is C19H22N4O. The molecule has 3 heterocycles. The SMILES string of the molecule is c1cn(CCC2CCOC(c3ccc(-c4ncc[nH]4)cc3)C2)cn1. The summed E-state index contributed by atoms with van der Waals surface area (Å²) in [6, 6.07) is 8.57. The first kappa shape index (κ1) is 15.1. The van der Waals surface area contributed by atoms with Crippen molar-refractivity contribution in [3.05, 3.63) is 60.9 Å². The van der Waals surface area contributed by atoms with Gasteiger partial charge in [0.2, 0.25) is 0 Å². The molecule has 1 aromatic carbocycles. The highest BCUT2D eigenvalue weighted by Gasteiger charge is 2.23. The monoisotopic (exact) mass is 322 g/mol. The number of aromatic nitrogens is 4. The van der Waals surface area contributed by atoms with Crippen LogP contribution in [-0.2, 0) is 11.3 Å². The summed E-state index contributed by atoms with van der Waals surface area (Å²) in [5.41, 5.74) is 2.37. The molecule has 1 aliphatic rings. The third kappa shape index (κ3) is 3.41. The number of benzene rings is 1. The van der Waals surface area contributed by atoms with Gasteiger partial charge in [0.25, 0.3) is 0 Å². The van der Waals surface area contributed by atoms with Crippen LogP contribution in [0.2, 0.25) is 0 Å². The van der Waals surface area contributed by atoms with Crippen molar-refractivity contribution in [3.63, 3.8) is 0 Å². The van der Waals surface area contributed by atoms with Crippen LogP contribution >= 0.6 is 0 Å². The predicted octanol–water partition coefficient (Wildman–Crippen LogP) is 3.83. The lowest BCUT2D eigenvalue weighted by Crippen LogP contribution is -2.21. The first-order valence-electron chi connectivity index (χ1n) is 8.55. The summed E-state index contributed by atoms with van der Waals surface area (Å²) in [6.45, 7) is 1.88. The van der Waals surface area contributed by atoms with Gasteiger partial charge < -0.3 is 14.3 Å². The van der Waals surface area contributed by atoms with E-state index in [1.807, 2.05) is 24.9 Å². The molecule has 1 saturated heterocycles. The standard InChI is InChI=1S/C19H22N4O/c1-3-17(19-21-7-8-22-19)4-2-16(1)18-13-15(6-12-24-18)5-10-23-11-9-20-14-23/h1-4,7-9,11,14-15,18H,5-6,10,12-13H2,(H,21,22). The van der Waals surface area contributed by atoms with E-state index in [1.54, 1.807) is 6.20 Å². The Labute approximate surface area is 141 Å². The first-order chi connectivity index (χ1) is 11.9. The third-order valence-electron chi connectivity index (χ3n) is 4.80. The molecule has 2 aromatic heterocycles. The van der Waals surface area contributed by atoms with Crippen LogP contribution in [0.1, 0.15) is 30.9 Å². The van der Waals surface area contributed by atoms with Crippen LogP contribution in [0.5, 0.6) is 0 Å². The summed E-state index contributed by atoms with van der Waals surface area (Å²) >= 11 is 0. The Kier molecular flexibility index (Phi) is 4.42. The molecule has 1 N–H and O–H groups in total. The van der Waals surface area contributed by atoms with Crippen molar-refractivity contribution in [2.45, 2.75) is 31.9 Å². The number of nitrogens with one attached hydrogen (secondary N) is 1. The van der Waals surface area contributed by atoms with E-state index in [-0.39, 0.29) is 6.10 Å². The number of hydrogen-bond donors (Lipinski definition) is 1. The number of H-pyrrole nitrogens is 1. The van der Waals surface area contributed by atoms with Gasteiger partial charge in [-0.15, -0.1) is 0 Å². The minimum atomic E-state index is 0.206. The molecule has 1 fully saturated rings. The number of ether oxygens (including phenoxy) is 1. The maximum absolute atomic E-state index is 6.02. The zero-order valence-corrected chi connectivity index (χ0v) is 13.6. The number of nitrogens with zero attached hydrogens (tertiary/aromatic N) is 3. The largest absolute Gasteiger partial charge is 0.374 e. The lowest BCUT2D eigenvalue weighted by Gasteiger charge is -2.30. The fourth-order valence-electron chi connectivity index (χ4n) is 3.39. The molecule has 24 heavy (non-hydrogen) atoms. The summed E-state index contributed by atoms with van der Waals surface area (Å²) in [5, 5.41) is 0. The van der Waals surface area contributed by atoms with Gasteiger partial charge in [-0.2, -0.15) is 0 Å². The second-order valence-electron chi connectivity index (χ2n) is 6.40. The normalized spacial score (nSPS) is 21.0. The molecule has 0 aliphatic carbocycles. The molecule has 0 bridgehead atoms. The summed E-state index contributed by atoms with van der Waals surface area (Å²) in [5.74, 6) is 1.61. The minimum absolute atomic E-state index is 0.206. The number of imidazole rings is 2. The summed E-state index contributed by atoms with van der Waals surface area (Å²) in [4.78, 5) is 11.5. The van der Waals surface area contributed by atoms with E-state index in [0.29, 0.717) is 5.92 Å². The molecule has 5 nitrogen and oxygen atoms in total. The van der Waals surface area contributed by atoms with E-state index in [4.69, 9.17) is 4.74 Å². The molecule has 2 atom stereocenters. The summed E-state index contributed by atoms with van der Waals surface area (Å²) in [7, 11) is 0. The third-order valence-corrected chi connectivity index (χ3v) is 4.80. The Hall–Kier alpha value is -2.40. The summed E-state index contributed by atoms with van der Waals surface area (Å²) < 4.78 is 8.17. The Morgan fingerprint density at radius 1 is 1.21 bits per heavy atom. The van der Waals surface area contributed by atoms with Crippen LogP contribution in [0.3, 0.4) is 0 Å². The van der Waals surface area contributed by atoms with E-state index < -0.39 is 0 Å². The molecule has 4 rings (SSSR count). The molecule has 0 radical (unpaired) electrons. The fraction of sp³-hybridized carbons (Fsp3) is 0.368. The maximum Gasteiger partial charge on any atom is 0.137 e. The van der Waals surface area contributed by atoms with Gasteiger partial charge in [0.1, 0.15) is 5.82 Å². The Bertz CT molecular complexity index is 734. The second kappa shape index (κ2) is 7.01. The lowest BCUT2D eigenvalue weighted by molar-refractivity contribution is -0.0128. The second-order valence-corrected chi connectivity index (χ2v) is 6.40. The highest BCUT2D eigenvalue weighted by Crippen LogP contribution is 2.34. The van der Waals surface area contributed by atoms with E-state index in [1.165, 1.54) is 12.0 Å². The van der Waals surface area contributed by atoms with Gasteiger partial charge in [0.05, 0.1) is 12.4 Å². The Morgan fingerprint density at radius 2 is 2.12 bits per heavy atom. The van der Waals surface area contributed by atoms with Crippen LogP contribution in [-0.4, -0.2) is 26.1 Å². The van der Waals surface area contributed by atoms with Crippen molar-refractivity contribution < 1.29 is 4.74 Å². The van der Waals surface area contributed by atoms with Crippen LogP contribution in [0.4, 0.5) is 0 Å². The highest BCUT2D eigenvalue weighted by atomic mass is 16.5. The van der Waals surface area contributed by atoms with Crippen molar-refractivity contribution in [1.82, 2.24) is 19.5 Å². The molecule has 1 aliphatic heterocycles. The molecule has 124 valence electrons. The zero-order valence-electron chi connectivity index (χ0n) is 13.6. The van der Waals surface area contributed by atoms with Crippen LogP contribution in [0, 0.1) is 5.92 Å². The lowest BCUT2D eigenvalue weighted by atomic mass is 9.89. The Morgan fingerprint density at radius 3 is 2.88 bits per heavy atom. The molecule has 3 aromatic rings. The van der Waals surface area contributed by atoms with E-state index in [2.05, 4.69) is 43.8 Å². The van der Waals surface area contributed by atoms with Crippen molar-refractivity contribution in [2.75, 3.05) is 6.61 Å². The summed E-state index contributed by atoms with van der Waals surface area (Å²) in [6.07, 6.45) is 13.0. The molecule has 0 saturated carbocycles. The predicted molar refractivity (Wildman–Crippen MR) is 92.3 cm³/mol. The number of aryl methyl sites for hydroxylation is 1. The molecule has 0 amide bonds. The van der Waals surface area contributed by atoms with Crippen LogP contribution in [0.15, 0.2) is 55.4 Å². The van der Waals surface area contributed by atoms with Crippen LogP contribution < -0.4 is 0 Å².